The van der Waals surface area contributed by atoms with Crippen molar-refractivity contribution in [2.75, 3.05) is 23.0 Å². The minimum absolute atomic E-state index is 1.38. The molecule has 2 fully saturated rings. The Morgan fingerprint density at radius 1 is 0.417 bits per heavy atom. The van der Waals surface area contributed by atoms with E-state index >= 15 is 0 Å². The molecule has 0 bridgehead atoms. The second-order valence-electron chi connectivity index (χ2n) is 2.70. The summed E-state index contributed by atoms with van der Waals surface area (Å²) in [6, 6.07) is 0. The highest BCUT2D eigenvalue weighted by molar-refractivity contribution is 8.77. The van der Waals surface area contributed by atoms with Crippen molar-refractivity contribution in [3.8, 4) is 0 Å². The van der Waals surface area contributed by atoms with E-state index in [0.29, 0.717) is 0 Å². The van der Waals surface area contributed by atoms with Crippen molar-refractivity contribution in [1.29, 1.82) is 0 Å². The van der Waals surface area contributed by atoms with Gasteiger partial charge in [0.25, 0.3) is 0 Å². The Morgan fingerprint density at radius 3 is 0.750 bits per heavy atom. The summed E-state index contributed by atoms with van der Waals surface area (Å²) in [5.41, 5.74) is 0. The zero-order chi connectivity index (χ0) is 8.49. The monoisotopic (exact) mass is 240 g/mol. The van der Waals surface area contributed by atoms with Crippen LogP contribution in [0.5, 0.6) is 0 Å². The summed E-state index contributed by atoms with van der Waals surface area (Å²) >= 11 is 0. The molecule has 4 heteroatoms. The molecule has 72 valence electrons. The highest BCUT2D eigenvalue weighted by Crippen LogP contribution is 2.28. The molecule has 0 atom stereocenters. The SMILES string of the molecule is C1CCSSC1.C1CCSSC1. The number of rotatable bonds is 0. The van der Waals surface area contributed by atoms with Gasteiger partial charge in [-0.15, -0.1) is 0 Å². The van der Waals surface area contributed by atoms with Gasteiger partial charge < -0.3 is 0 Å². The molecule has 0 spiro atoms. The van der Waals surface area contributed by atoms with Gasteiger partial charge in [0.05, 0.1) is 0 Å². The van der Waals surface area contributed by atoms with E-state index in [1.165, 1.54) is 48.7 Å². The summed E-state index contributed by atoms with van der Waals surface area (Å²) in [5, 5.41) is 0. The molecule has 0 amide bonds. The molecular formula is C8H16S4. The Labute approximate surface area is 91.6 Å². The number of hydrogen-bond donors (Lipinski definition) is 0. The fraction of sp³-hybridized carbons (Fsp3) is 1.00. The second-order valence-corrected chi connectivity index (χ2v) is 8.11. The van der Waals surface area contributed by atoms with E-state index in [-0.39, 0.29) is 0 Å². The maximum atomic E-state index is 2.01. The van der Waals surface area contributed by atoms with Crippen molar-refractivity contribution in [1.82, 2.24) is 0 Å². The van der Waals surface area contributed by atoms with Crippen LogP contribution in [-0.2, 0) is 0 Å². The predicted molar refractivity (Wildman–Crippen MR) is 68.3 cm³/mol. The maximum absolute atomic E-state index is 2.01. The van der Waals surface area contributed by atoms with E-state index in [4.69, 9.17) is 0 Å². The standard InChI is InChI=1S/2C4H8S2/c2*1-2-4-6-5-3-1/h2*1-4H2. The van der Waals surface area contributed by atoms with Gasteiger partial charge in [-0.05, 0) is 25.7 Å². The Hall–Kier alpha value is 1.40. The van der Waals surface area contributed by atoms with Crippen LogP contribution in [0.3, 0.4) is 0 Å². The Bertz CT molecular complexity index is 54.0. The molecule has 0 aliphatic carbocycles. The van der Waals surface area contributed by atoms with Crippen molar-refractivity contribution in [3.63, 3.8) is 0 Å². The highest BCUT2D eigenvalue weighted by Gasteiger charge is 1.97. The molecule has 0 aromatic rings. The van der Waals surface area contributed by atoms with Crippen molar-refractivity contribution in [2.24, 2.45) is 0 Å². The normalized spacial score (nSPS) is 24.0. The lowest BCUT2D eigenvalue weighted by Crippen LogP contribution is -1.86. The van der Waals surface area contributed by atoms with Crippen molar-refractivity contribution in [3.05, 3.63) is 0 Å². The lowest BCUT2D eigenvalue weighted by molar-refractivity contribution is 0.906. The van der Waals surface area contributed by atoms with Gasteiger partial charge in [0.15, 0.2) is 0 Å². The summed E-state index contributed by atoms with van der Waals surface area (Å²) < 4.78 is 0. The summed E-state index contributed by atoms with van der Waals surface area (Å²) in [6.07, 6.45) is 5.77. The smallest absolute Gasteiger partial charge is 0.00372 e. The third-order valence-electron chi connectivity index (χ3n) is 1.58. The summed E-state index contributed by atoms with van der Waals surface area (Å²) in [4.78, 5) is 0. The molecule has 2 aliphatic rings. The van der Waals surface area contributed by atoms with E-state index < -0.39 is 0 Å². The number of hydrogen-bond acceptors (Lipinski definition) is 4. The van der Waals surface area contributed by atoms with E-state index in [2.05, 4.69) is 0 Å². The first-order valence-electron chi connectivity index (χ1n) is 4.49. The van der Waals surface area contributed by atoms with Crippen LogP contribution in [0.15, 0.2) is 0 Å². The summed E-state index contributed by atoms with van der Waals surface area (Å²) in [7, 11) is 8.05. The predicted octanol–water partition coefficient (Wildman–Crippen LogP) is 4.32. The van der Waals surface area contributed by atoms with Crippen LogP contribution in [0.25, 0.3) is 0 Å². The van der Waals surface area contributed by atoms with Gasteiger partial charge in [-0.1, -0.05) is 43.2 Å². The fourth-order valence-corrected chi connectivity index (χ4v) is 5.47. The summed E-state index contributed by atoms with van der Waals surface area (Å²) in [5.74, 6) is 5.52. The average Bonchev–Trinajstić information content (AvgIpc) is 2.24. The molecule has 2 aliphatic heterocycles. The van der Waals surface area contributed by atoms with Gasteiger partial charge in [0.2, 0.25) is 0 Å². The van der Waals surface area contributed by atoms with Gasteiger partial charge in [-0.25, -0.2) is 0 Å². The molecule has 0 aromatic carbocycles. The van der Waals surface area contributed by atoms with Crippen LogP contribution >= 0.6 is 43.2 Å². The minimum Gasteiger partial charge on any atom is -0.0942 e. The fourth-order valence-electron chi connectivity index (χ4n) is 0.880. The summed E-state index contributed by atoms with van der Waals surface area (Å²) in [6.45, 7) is 0. The lowest BCUT2D eigenvalue weighted by atomic mass is 10.4. The Balaban J connectivity index is 0.000000120. The molecule has 0 saturated carbocycles. The molecular weight excluding hydrogens is 224 g/mol. The molecule has 2 heterocycles. The first kappa shape index (κ1) is 11.5. The van der Waals surface area contributed by atoms with E-state index in [1.54, 1.807) is 0 Å². The Morgan fingerprint density at radius 2 is 0.667 bits per heavy atom. The molecule has 0 aromatic heterocycles. The van der Waals surface area contributed by atoms with E-state index in [0.717, 1.165) is 0 Å². The Kier molecular flexibility index (Phi) is 8.58. The lowest BCUT2D eigenvalue weighted by Gasteiger charge is -2.04. The zero-order valence-corrected chi connectivity index (χ0v) is 10.6. The average molecular weight is 240 g/mol. The molecule has 0 radical (unpaired) electrons. The second kappa shape index (κ2) is 8.97. The maximum Gasteiger partial charge on any atom is 0.00372 e. The molecule has 2 saturated heterocycles. The third kappa shape index (κ3) is 6.87. The van der Waals surface area contributed by atoms with Gasteiger partial charge in [0, 0.05) is 23.0 Å². The highest BCUT2D eigenvalue weighted by atomic mass is 33.1. The molecule has 0 unspecified atom stereocenters. The van der Waals surface area contributed by atoms with Gasteiger partial charge >= 0.3 is 0 Å². The van der Waals surface area contributed by atoms with Crippen LogP contribution in [0.1, 0.15) is 25.7 Å². The van der Waals surface area contributed by atoms with Crippen molar-refractivity contribution < 1.29 is 0 Å². The molecule has 2 rings (SSSR count). The van der Waals surface area contributed by atoms with Gasteiger partial charge in [-0.2, -0.15) is 0 Å². The van der Waals surface area contributed by atoms with E-state index in [1.807, 2.05) is 43.2 Å². The van der Waals surface area contributed by atoms with E-state index in [9.17, 15) is 0 Å². The quantitative estimate of drug-likeness (QED) is 0.578. The zero-order valence-electron chi connectivity index (χ0n) is 7.29. The first-order chi connectivity index (χ1) is 6.00. The van der Waals surface area contributed by atoms with Crippen LogP contribution in [0.4, 0.5) is 0 Å². The third-order valence-corrected chi connectivity index (χ3v) is 6.73. The van der Waals surface area contributed by atoms with Crippen LogP contribution < -0.4 is 0 Å². The van der Waals surface area contributed by atoms with Crippen LogP contribution in [-0.4, -0.2) is 23.0 Å². The molecule has 12 heavy (non-hydrogen) atoms. The van der Waals surface area contributed by atoms with Crippen molar-refractivity contribution in [2.45, 2.75) is 25.7 Å². The topological polar surface area (TPSA) is 0 Å². The van der Waals surface area contributed by atoms with Gasteiger partial charge in [0.1, 0.15) is 0 Å². The molecule has 0 nitrogen and oxygen atoms in total. The van der Waals surface area contributed by atoms with Crippen molar-refractivity contribution >= 4 is 43.2 Å². The molecule has 0 N–H and O–H groups in total. The largest absolute Gasteiger partial charge is 0.0942 e. The van der Waals surface area contributed by atoms with Crippen LogP contribution in [0.2, 0.25) is 0 Å². The van der Waals surface area contributed by atoms with Crippen LogP contribution in [0, 0.1) is 0 Å². The first-order valence-corrected chi connectivity index (χ1v) is 9.46. The minimum atomic E-state index is 1.38. The van der Waals surface area contributed by atoms with Gasteiger partial charge in [-0.3, -0.25) is 0 Å².